The van der Waals surface area contributed by atoms with E-state index in [1.807, 2.05) is 29.2 Å². The summed E-state index contributed by atoms with van der Waals surface area (Å²) in [6.45, 7) is 2.98. The van der Waals surface area contributed by atoms with Crippen LogP contribution in [-0.2, 0) is 11.2 Å². The summed E-state index contributed by atoms with van der Waals surface area (Å²) < 4.78 is 18.6. The van der Waals surface area contributed by atoms with Gasteiger partial charge in [0.05, 0.1) is 7.11 Å². The van der Waals surface area contributed by atoms with Gasteiger partial charge in [0, 0.05) is 43.3 Å². The van der Waals surface area contributed by atoms with Crippen LogP contribution in [0.25, 0.3) is 0 Å². The van der Waals surface area contributed by atoms with Gasteiger partial charge >= 0.3 is 0 Å². The van der Waals surface area contributed by atoms with Crippen molar-refractivity contribution in [2.45, 2.75) is 12.8 Å². The number of halogens is 2. The number of amides is 1. The van der Waals surface area contributed by atoms with E-state index in [2.05, 4.69) is 4.90 Å². The maximum Gasteiger partial charge on any atom is 0.223 e. The van der Waals surface area contributed by atoms with Gasteiger partial charge in [-0.1, -0.05) is 17.7 Å². The minimum absolute atomic E-state index is 0.108. The summed E-state index contributed by atoms with van der Waals surface area (Å²) >= 11 is 5.93. The molecule has 138 valence electrons. The molecule has 1 heterocycles. The monoisotopic (exact) mass is 376 g/mol. The first-order valence-corrected chi connectivity index (χ1v) is 9.05. The Bertz CT molecular complexity index is 759. The highest BCUT2D eigenvalue weighted by molar-refractivity contribution is 6.30. The largest absolute Gasteiger partial charge is 0.494 e. The van der Waals surface area contributed by atoms with Crippen molar-refractivity contribution in [1.29, 1.82) is 0 Å². The molecule has 0 spiro atoms. The Labute approximate surface area is 158 Å². The van der Waals surface area contributed by atoms with Crippen molar-refractivity contribution < 1.29 is 13.9 Å². The Morgan fingerprint density at radius 2 is 1.81 bits per heavy atom. The molecule has 0 bridgehead atoms. The van der Waals surface area contributed by atoms with Gasteiger partial charge in [-0.3, -0.25) is 4.79 Å². The summed E-state index contributed by atoms with van der Waals surface area (Å²) in [6, 6.07) is 12.6. The highest BCUT2D eigenvalue weighted by atomic mass is 35.5. The molecule has 26 heavy (non-hydrogen) atoms. The van der Waals surface area contributed by atoms with Crippen LogP contribution in [-0.4, -0.2) is 44.1 Å². The van der Waals surface area contributed by atoms with Crippen molar-refractivity contribution in [3.8, 4) is 5.75 Å². The summed E-state index contributed by atoms with van der Waals surface area (Å²) in [6.07, 6.45) is 0.907. The van der Waals surface area contributed by atoms with Crippen LogP contribution >= 0.6 is 11.6 Å². The molecule has 0 N–H and O–H groups in total. The van der Waals surface area contributed by atoms with Gasteiger partial charge in [-0.2, -0.15) is 0 Å². The lowest BCUT2D eigenvalue weighted by atomic mass is 10.1. The lowest BCUT2D eigenvalue weighted by Gasteiger charge is -2.36. The van der Waals surface area contributed by atoms with E-state index < -0.39 is 5.82 Å². The van der Waals surface area contributed by atoms with Crippen LogP contribution in [0.5, 0.6) is 5.75 Å². The number of carbonyl (C=O) groups excluding carboxylic acids is 1. The lowest BCUT2D eigenvalue weighted by molar-refractivity contribution is -0.131. The van der Waals surface area contributed by atoms with Gasteiger partial charge in [0.25, 0.3) is 0 Å². The number of anilines is 1. The molecule has 0 atom stereocenters. The molecule has 1 aliphatic heterocycles. The second-order valence-corrected chi connectivity index (χ2v) is 6.75. The van der Waals surface area contributed by atoms with Crippen LogP contribution in [0, 0.1) is 5.82 Å². The van der Waals surface area contributed by atoms with Gasteiger partial charge in [-0.25, -0.2) is 4.39 Å². The van der Waals surface area contributed by atoms with Gasteiger partial charge in [0.2, 0.25) is 5.91 Å². The number of rotatable bonds is 5. The van der Waals surface area contributed by atoms with E-state index in [0.717, 1.165) is 29.4 Å². The van der Waals surface area contributed by atoms with Gasteiger partial charge in [-0.15, -0.1) is 0 Å². The summed E-state index contributed by atoms with van der Waals surface area (Å²) in [7, 11) is 1.44. The van der Waals surface area contributed by atoms with E-state index >= 15 is 0 Å². The minimum atomic E-state index is -0.394. The summed E-state index contributed by atoms with van der Waals surface area (Å²) in [5.41, 5.74) is 1.92. The van der Waals surface area contributed by atoms with E-state index in [9.17, 15) is 9.18 Å². The highest BCUT2D eigenvalue weighted by Crippen LogP contribution is 2.21. The quantitative estimate of drug-likeness (QED) is 0.796. The predicted octanol–water partition coefficient (Wildman–Crippen LogP) is 3.77. The van der Waals surface area contributed by atoms with Crippen molar-refractivity contribution in [3.63, 3.8) is 0 Å². The summed E-state index contributed by atoms with van der Waals surface area (Å²) in [5.74, 6) is -0.0654. The van der Waals surface area contributed by atoms with Crippen LogP contribution in [0.1, 0.15) is 12.0 Å². The van der Waals surface area contributed by atoms with Crippen molar-refractivity contribution in [3.05, 3.63) is 58.9 Å². The Kier molecular flexibility index (Phi) is 5.99. The van der Waals surface area contributed by atoms with E-state index in [-0.39, 0.29) is 11.7 Å². The van der Waals surface area contributed by atoms with Crippen LogP contribution in [0.4, 0.5) is 10.1 Å². The summed E-state index contributed by atoms with van der Waals surface area (Å²) in [4.78, 5) is 16.6. The molecule has 6 heteroatoms. The molecule has 2 aromatic carbocycles. The first kappa shape index (κ1) is 18.5. The van der Waals surface area contributed by atoms with E-state index in [0.29, 0.717) is 25.9 Å². The molecule has 0 aromatic heterocycles. The number of hydrogen-bond acceptors (Lipinski definition) is 3. The third-order valence-corrected chi connectivity index (χ3v) is 4.92. The molecule has 1 amide bonds. The van der Waals surface area contributed by atoms with E-state index in [4.69, 9.17) is 16.3 Å². The van der Waals surface area contributed by atoms with Crippen molar-refractivity contribution in [1.82, 2.24) is 4.90 Å². The maximum atomic E-state index is 13.7. The fourth-order valence-electron chi connectivity index (χ4n) is 3.14. The topological polar surface area (TPSA) is 32.8 Å². The van der Waals surface area contributed by atoms with Gasteiger partial charge in [-0.05, 0) is 48.4 Å². The van der Waals surface area contributed by atoms with Crippen LogP contribution in [0.2, 0.25) is 5.02 Å². The molecule has 0 aliphatic carbocycles. The fourth-order valence-corrected chi connectivity index (χ4v) is 3.27. The fraction of sp³-hybridized carbons (Fsp3) is 0.350. The molecule has 1 saturated heterocycles. The molecule has 0 unspecified atom stereocenters. The number of ether oxygens (including phenoxy) is 1. The van der Waals surface area contributed by atoms with Gasteiger partial charge < -0.3 is 14.5 Å². The number of hydrogen-bond donors (Lipinski definition) is 0. The zero-order valence-electron chi connectivity index (χ0n) is 14.8. The summed E-state index contributed by atoms with van der Waals surface area (Å²) in [5, 5.41) is 0.720. The predicted molar refractivity (Wildman–Crippen MR) is 102 cm³/mol. The van der Waals surface area contributed by atoms with E-state index in [1.54, 1.807) is 12.1 Å². The second-order valence-electron chi connectivity index (χ2n) is 6.31. The number of piperazine rings is 1. The average molecular weight is 377 g/mol. The minimum Gasteiger partial charge on any atom is -0.494 e. The maximum absolute atomic E-state index is 13.7. The Morgan fingerprint density at radius 1 is 1.12 bits per heavy atom. The smallest absolute Gasteiger partial charge is 0.223 e. The molecule has 0 saturated carbocycles. The molecule has 4 nitrogen and oxygen atoms in total. The first-order chi connectivity index (χ1) is 12.6. The van der Waals surface area contributed by atoms with Crippen molar-refractivity contribution in [2.24, 2.45) is 0 Å². The number of methoxy groups -OCH3 is 1. The molecular formula is C20H22ClFN2O2. The third kappa shape index (κ3) is 4.47. The first-order valence-electron chi connectivity index (χ1n) is 8.67. The van der Waals surface area contributed by atoms with Crippen LogP contribution < -0.4 is 9.64 Å². The number of aryl methyl sites for hydroxylation is 1. The number of benzene rings is 2. The highest BCUT2D eigenvalue weighted by Gasteiger charge is 2.21. The number of nitrogens with zero attached hydrogens (tertiary/aromatic N) is 2. The third-order valence-electron chi connectivity index (χ3n) is 4.67. The van der Waals surface area contributed by atoms with Gasteiger partial charge in [0.15, 0.2) is 11.6 Å². The standard InChI is InChI=1S/C20H22ClFN2O2/c1-26-19-8-2-15(14-18(19)22)3-9-20(25)24-12-10-23(11-13-24)17-6-4-16(21)5-7-17/h2,4-8,14H,3,9-13H2,1H3. The molecule has 2 aromatic rings. The van der Waals surface area contributed by atoms with Crippen LogP contribution in [0.15, 0.2) is 42.5 Å². The average Bonchev–Trinajstić information content (AvgIpc) is 2.67. The number of carbonyl (C=O) groups is 1. The Balaban J connectivity index is 1.49. The Morgan fingerprint density at radius 3 is 2.42 bits per heavy atom. The molecule has 1 fully saturated rings. The molecule has 1 aliphatic rings. The van der Waals surface area contributed by atoms with Crippen molar-refractivity contribution >= 4 is 23.2 Å². The second kappa shape index (κ2) is 8.41. The Hall–Kier alpha value is -2.27. The van der Waals surface area contributed by atoms with E-state index in [1.165, 1.54) is 13.2 Å². The molecule has 0 radical (unpaired) electrons. The lowest BCUT2D eigenvalue weighted by Crippen LogP contribution is -2.48. The molecular weight excluding hydrogens is 355 g/mol. The van der Waals surface area contributed by atoms with Crippen molar-refractivity contribution in [2.75, 3.05) is 38.2 Å². The van der Waals surface area contributed by atoms with Gasteiger partial charge in [0.1, 0.15) is 0 Å². The SMILES string of the molecule is COc1ccc(CCC(=O)N2CCN(c3ccc(Cl)cc3)CC2)cc1F. The zero-order chi connectivity index (χ0) is 18.5. The molecule has 3 rings (SSSR count). The van der Waals surface area contributed by atoms with Crippen LogP contribution in [0.3, 0.4) is 0 Å². The zero-order valence-corrected chi connectivity index (χ0v) is 15.5. The normalized spacial score (nSPS) is 14.4.